The first kappa shape index (κ1) is 22.7. The van der Waals surface area contributed by atoms with Crippen molar-refractivity contribution < 1.29 is 18.4 Å². The van der Waals surface area contributed by atoms with E-state index in [1.165, 1.54) is 21.7 Å². The Bertz CT molecular complexity index is 1420. The average molecular weight is 465 g/mol. The predicted octanol–water partition coefficient (Wildman–Crippen LogP) is 2.22. The lowest BCUT2D eigenvalue weighted by Crippen LogP contribution is -2.26. The third kappa shape index (κ3) is 3.79. The van der Waals surface area contributed by atoms with E-state index in [2.05, 4.69) is 33.8 Å². The quantitative estimate of drug-likeness (QED) is 0.454. The van der Waals surface area contributed by atoms with Gasteiger partial charge in [0.25, 0.3) is 5.91 Å². The first-order valence-electron chi connectivity index (χ1n) is 10.2. The number of primary amides is 1. The number of rotatable bonds is 4. The summed E-state index contributed by atoms with van der Waals surface area (Å²) in [6, 6.07) is 2.34. The zero-order valence-corrected chi connectivity index (χ0v) is 18.5. The van der Waals surface area contributed by atoms with Crippen molar-refractivity contribution >= 4 is 28.7 Å². The van der Waals surface area contributed by atoms with Crippen LogP contribution in [0.15, 0.2) is 43.1 Å². The summed E-state index contributed by atoms with van der Waals surface area (Å²) >= 11 is 0. The van der Waals surface area contributed by atoms with Crippen LogP contribution >= 0.6 is 0 Å². The Morgan fingerprint density at radius 1 is 1.35 bits per heavy atom. The van der Waals surface area contributed by atoms with Crippen molar-refractivity contribution in [1.82, 2.24) is 24.2 Å². The minimum atomic E-state index is -0.793. The number of imidazole rings is 1. The number of carbonyl (C=O) groups excluding carboxylic acids is 2. The van der Waals surface area contributed by atoms with Gasteiger partial charge in [-0.25, -0.2) is 18.4 Å². The number of aryl methyl sites for hydroxylation is 1. The van der Waals surface area contributed by atoms with Gasteiger partial charge in [0.2, 0.25) is 5.91 Å². The summed E-state index contributed by atoms with van der Waals surface area (Å²) < 4.78 is 31.2. The second-order valence-corrected chi connectivity index (χ2v) is 7.67. The molecule has 1 atom stereocenters. The van der Waals surface area contributed by atoms with Crippen LogP contribution in [0.2, 0.25) is 0 Å². The minimum absolute atomic E-state index is 0.00796. The lowest BCUT2D eigenvalue weighted by molar-refractivity contribution is -0.123. The highest BCUT2D eigenvalue weighted by Gasteiger charge is 2.34. The Labute approximate surface area is 193 Å². The molecule has 34 heavy (non-hydrogen) atoms. The SMILES string of the molecule is C=CC(=O)N1C[C@@H](n2nc(C#Cc3cc4ncn(C)c4cc3F)c(C(N)=O)c2NC)C/C1=C\F. The van der Waals surface area contributed by atoms with Crippen LogP contribution in [0, 0.1) is 17.7 Å². The molecule has 4 rings (SSSR count). The zero-order chi connectivity index (χ0) is 24.6. The van der Waals surface area contributed by atoms with E-state index in [0.29, 0.717) is 17.4 Å². The van der Waals surface area contributed by atoms with Gasteiger partial charge in [0.1, 0.15) is 23.5 Å². The van der Waals surface area contributed by atoms with Crippen molar-refractivity contribution in [3.05, 3.63) is 65.8 Å². The number of aromatic nitrogens is 4. The second-order valence-electron chi connectivity index (χ2n) is 7.67. The van der Waals surface area contributed by atoms with Gasteiger partial charge in [0, 0.05) is 33.1 Å². The second kappa shape index (κ2) is 8.82. The molecule has 2 aromatic heterocycles. The Balaban J connectivity index is 1.78. The van der Waals surface area contributed by atoms with Gasteiger partial charge in [0.15, 0.2) is 5.69 Å². The number of hydrogen-bond acceptors (Lipinski definition) is 5. The minimum Gasteiger partial charge on any atom is -0.373 e. The van der Waals surface area contributed by atoms with E-state index < -0.39 is 23.7 Å². The lowest BCUT2D eigenvalue weighted by Gasteiger charge is -2.16. The molecule has 3 heterocycles. The number of anilines is 1. The Morgan fingerprint density at radius 3 is 2.76 bits per heavy atom. The Morgan fingerprint density at radius 2 is 2.12 bits per heavy atom. The standard InChI is InChI=1S/C23H21F2N7O2/c1-4-20(33)31-11-15(8-14(31)10-24)32-23(27-2)21(22(26)34)17(29-32)6-5-13-7-18-19(9-16(13)25)30(3)12-28-18/h4,7,9-10,12,15,27H,1,8,11H2,2-3H3,(H2,26,34)/b14-10+/t15-/m0/s1. The average Bonchev–Trinajstić information content (AvgIpc) is 3.51. The molecule has 0 aliphatic carbocycles. The maximum Gasteiger partial charge on any atom is 0.255 e. The number of amides is 2. The topological polar surface area (TPSA) is 111 Å². The summed E-state index contributed by atoms with van der Waals surface area (Å²) in [6.45, 7) is 3.54. The molecule has 2 amide bonds. The Hall–Kier alpha value is -4.46. The van der Waals surface area contributed by atoms with Gasteiger partial charge < -0.3 is 20.5 Å². The molecular weight excluding hydrogens is 444 g/mol. The smallest absolute Gasteiger partial charge is 0.255 e. The van der Waals surface area contributed by atoms with Crippen LogP contribution in [0.1, 0.15) is 34.1 Å². The Kier molecular flexibility index (Phi) is 5.89. The van der Waals surface area contributed by atoms with E-state index in [-0.39, 0.29) is 41.3 Å². The number of nitrogens with zero attached hydrogens (tertiary/aromatic N) is 5. The normalized spacial score (nSPS) is 16.5. The van der Waals surface area contributed by atoms with Crippen LogP contribution in [-0.2, 0) is 11.8 Å². The molecule has 1 saturated heterocycles. The van der Waals surface area contributed by atoms with E-state index in [4.69, 9.17) is 5.73 Å². The molecule has 11 heteroatoms. The number of nitrogens with two attached hydrogens (primary N) is 1. The van der Waals surface area contributed by atoms with Crippen LogP contribution in [0.4, 0.5) is 14.6 Å². The zero-order valence-electron chi connectivity index (χ0n) is 18.5. The summed E-state index contributed by atoms with van der Waals surface area (Å²) in [6.07, 6.45) is 3.15. The van der Waals surface area contributed by atoms with Gasteiger partial charge in [-0.1, -0.05) is 12.5 Å². The number of carbonyl (C=O) groups is 2. The molecule has 0 spiro atoms. The van der Waals surface area contributed by atoms with Gasteiger partial charge >= 0.3 is 0 Å². The van der Waals surface area contributed by atoms with Gasteiger partial charge in [-0.15, -0.1) is 0 Å². The van der Waals surface area contributed by atoms with E-state index in [1.807, 2.05) is 0 Å². The molecular formula is C23H21F2N7O2. The summed E-state index contributed by atoms with van der Waals surface area (Å²) in [5.74, 6) is 3.89. The van der Waals surface area contributed by atoms with E-state index in [1.54, 1.807) is 25.0 Å². The molecule has 9 nitrogen and oxygen atoms in total. The molecule has 0 saturated carbocycles. The summed E-state index contributed by atoms with van der Waals surface area (Å²) in [4.78, 5) is 29.8. The molecule has 1 aliphatic heterocycles. The van der Waals surface area contributed by atoms with Crippen molar-refractivity contribution in [2.24, 2.45) is 12.8 Å². The molecule has 0 radical (unpaired) electrons. The van der Waals surface area contributed by atoms with Gasteiger partial charge in [-0.3, -0.25) is 9.59 Å². The maximum absolute atomic E-state index is 14.6. The maximum atomic E-state index is 14.6. The van der Waals surface area contributed by atoms with Crippen LogP contribution < -0.4 is 11.1 Å². The van der Waals surface area contributed by atoms with Crippen LogP contribution in [0.25, 0.3) is 11.0 Å². The molecule has 174 valence electrons. The predicted molar refractivity (Wildman–Crippen MR) is 122 cm³/mol. The van der Waals surface area contributed by atoms with Gasteiger partial charge in [0.05, 0.1) is 34.7 Å². The third-order valence-corrected chi connectivity index (χ3v) is 5.62. The van der Waals surface area contributed by atoms with Crippen molar-refractivity contribution in [3.8, 4) is 11.8 Å². The van der Waals surface area contributed by atoms with Crippen molar-refractivity contribution in [2.45, 2.75) is 12.5 Å². The van der Waals surface area contributed by atoms with Gasteiger partial charge in [-0.2, -0.15) is 5.10 Å². The number of likely N-dealkylation sites (tertiary alicyclic amines) is 1. The number of hydrogen-bond donors (Lipinski definition) is 2. The highest BCUT2D eigenvalue weighted by atomic mass is 19.1. The van der Waals surface area contributed by atoms with Crippen LogP contribution in [0.3, 0.4) is 0 Å². The van der Waals surface area contributed by atoms with E-state index >= 15 is 0 Å². The summed E-state index contributed by atoms with van der Waals surface area (Å²) in [5.41, 5.74) is 7.04. The van der Waals surface area contributed by atoms with Crippen LogP contribution in [-0.4, -0.2) is 49.6 Å². The summed E-state index contributed by atoms with van der Waals surface area (Å²) in [5, 5.41) is 7.29. The molecule has 0 unspecified atom stereocenters. The molecule has 3 N–H and O–H groups in total. The molecule has 1 aromatic carbocycles. The molecule has 0 bridgehead atoms. The third-order valence-electron chi connectivity index (χ3n) is 5.62. The number of benzene rings is 1. The monoisotopic (exact) mass is 465 g/mol. The highest BCUT2D eigenvalue weighted by molar-refractivity contribution is 6.00. The fourth-order valence-corrected chi connectivity index (χ4v) is 3.98. The largest absolute Gasteiger partial charge is 0.373 e. The highest BCUT2D eigenvalue weighted by Crippen LogP contribution is 2.34. The number of fused-ring (bicyclic) bond motifs is 1. The first-order valence-corrected chi connectivity index (χ1v) is 10.2. The first-order chi connectivity index (χ1) is 16.3. The fraction of sp³-hybridized carbons (Fsp3) is 0.217. The van der Waals surface area contributed by atoms with E-state index in [0.717, 1.165) is 6.08 Å². The summed E-state index contributed by atoms with van der Waals surface area (Å²) in [7, 11) is 3.32. The lowest BCUT2D eigenvalue weighted by atomic mass is 10.1. The number of nitrogens with one attached hydrogen (secondary N) is 1. The van der Waals surface area contributed by atoms with Crippen molar-refractivity contribution in [1.29, 1.82) is 0 Å². The van der Waals surface area contributed by atoms with E-state index in [9.17, 15) is 18.4 Å². The number of allylic oxidation sites excluding steroid dienone is 1. The number of halogens is 2. The van der Waals surface area contributed by atoms with Gasteiger partial charge in [-0.05, 0) is 18.1 Å². The molecule has 1 fully saturated rings. The molecule has 3 aromatic rings. The fourth-order valence-electron chi connectivity index (χ4n) is 3.98. The van der Waals surface area contributed by atoms with Crippen molar-refractivity contribution in [2.75, 3.05) is 18.9 Å². The molecule has 1 aliphatic rings. The van der Waals surface area contributed by atoms with Crippen LogP contribution in [0.5, 0.6) is 0 Å². The van der Waals surface area contributed by atoms with Crippen molar-refractivity contribution in [3.63, 3.8) is 0 Å².